The molecular formula is C27H19NO2. The van der Waals surface area contributed by atoms with Crippen LogP contribution in [0, 0.1) is 11.8 Å². The Bertz CT molecular complexity index is 1460. The first-order valence-corrected chi connectivity index (χ1v) is 9.89. The molecule has 0 unspecified atom stereocenters. The summed E-state index contributed by atoms with van der Waals surface area (Å²) in [4.78, 5) is 15.6. The average molecular weight is 389 g/mol. The predicted molar refractivity (Wildman–Crippen MR) is 121 cm³/mol. The van der Waals surface area contributed by atoms with E-state index in [1.54, 1.807) is 6.26 Å². The van der Waals surface area contributed by atoms with Gasteiger partial charge in [0, 0.05) is 34.9 Å². The van der Waals surface area contributed by atoms with E-state index in [-0.39, 0.29) is 5.56 Å². The van der Waals surface area contributed by atoms with Crippen LogP contribution in [0.4, 0.5) is 0 Å². The summed E-state index contributed by atoms with van der Waals surface area (Å²) >= 11 is 0. The molecule has 5 rings (SSSR count). The number of hydrogen-bond acceptors (Lipinski definition) is 2. The van der Waals surface area contributed by atoms with Crippen LogP contribution in [-0.4, -0.2) is 4.98 Å². The summed E-state index contributed by atoms with van der Waals surface area (Å²) in [5.41, 5.74) is 5.57. The maximum atomic E-state index is 12.6. The lowest BCUT2D eigenvalue weighted by molar-refractivity contribution is 0.616. The summed E-state index contributed by atoms with van der Waals surface area (Å²) in [5.74, 6) is 6.47. The van der Waals surface area contributed by atoms with Crippen molar-refractivity contribution in [3.8, 4) is 11.8 Å². The molecule has 3 heteroatoms. The van der Waals surface area contributed by atoms with E-state index in [2.05, 4.69) is 35.0 Å². The Hall–Kier alpha value is -4.03. The van der Waals surface area contributed by atoms with Gasteiger partial charge in [-0.25, -0.2) is 0 Å². The van der Waals surface area contributed by atoms with Crippen molar-refractivity contribution in [3.63, 3.8) is 0 Å². The number of furan rings is 1. The summed E-state index contributed by atoms with van der Waals surface area (Å²) in [6, 6.07) is 26.0. The minimum absolute atomic E-state index is 0.0577. The van der Waals surface area contributed by atoms with Crippen LogP contribution < -0.4 is 5.56 Å². The van der Waals surface area contributed by atoms with Gasteiger partial charge in [0.2, 0.25) is 0 Å². The van der Waals surface area contributed by atoms with E-state index in [1.165, 1.54) is 5.56 Å². The quantitative estimate of drug-likeness (QED) is 0.417. The number of rotatable bonds is 3. The van der Waals surface area contributed by atoms with Gasteiger partial charge < -0.3 is 9.40 Å². The second kappa shape index (κ2) is 7.77. The summed E-state index contributed by atoms with van der Waals surface area (Å²) in [6.07, 6.45) is 2.96. The lowest BCUT2D eigenvalue weighted by atomic mass is 10.0. The van der Waals surface area contributed by atoms with Gasteiger partial charge in [-0.3, -0.25) is 4.79 Å². The lowest BCUT2D eigenvalue weighted by Gasteiger charge is -2.05. The van der Waals surface area contributed by atoms with Gasteiger partial charge in [-0.05, 0) is 59.0 Å². The van der Waals surface area contributed by atoms with Gasteiger partial charge in [-0.1, -0.05) is 48.2 Å². The van der Waals surface area contributed by atoms with Crippen LogP contribution >= 0.6 is 0 Å². The third kappa shape index (κ3) is 3.76. The molecule has 0 amide bonds. The summed E-state index contributed by atoms with van der Waals surface area (Å²) in [6.45, 7) is 0. The van der Waals surface area contributed by atoms with Crippen LogP contribution in [-0.2, 0) is 12.8 Å². The smallest absolute Gasteiger partial charge is 0.251 e. The molecule has 2 heterocycles. The normalized spacial score (nSPS) is 10.8. The first-order chi connectivity index (χ1) is 14.7. The second-order valence-electron chi connectivity index (χ2n) is 7.36. The molecule has 0 bridgehead atoms. The predicted octanol–water partition coefficient (Wildman–Crippen LogP) is 5.46. The molecule has 0 aliphatic carbocycles. The van der Waals surface area contributed by atoms with Crippen molar-refractivity contribution in [3.05, 3.63) is 118 Å². The zero-order chi connectivity index (χ0) is 20.3. The van der Waals surface area contributed by atoms with E-state index in [0.29, 0.717) is 12.8 Å². The standard InChI is InChI=1S/C27H19NO2/c29-27-24(17-21-10-12-26-22(16-21)13-14-30-26)18-23-15-20(9-11-25(23)28-27)8-4-7-19-5-2-1-3-6-19/h1-3,5-6,9-16,18H,7,17H2,(H,28,29). The number of benzene rings is 3. The summed E-state index contributed by atoms with van der Waals surface area (Å²) in [7, 11) is 0. The van der Waals surface area contributed by atoms with Crippen molar-refractivity contribution < 1.29 is 4.42 Å². The van der Waals surface area contributed by atoms with Crippen LogP contribution in [0.3, 0.4) is 0 Å². The monoisotopic (exact) mass is 389 g/mol. The molecule has 0 fully saturated rings. The second-order valence-corrected chi connectivity index (χ2v) is 7.36. The fourth-order valence-corrected chi connectivity index (χ4v) is 3.65. The highest BCUT2D eigenvalue weighted by atomic mass is 16.3. The van der Waals surface area contributed by atoms with Crippen molar-refractivity contribution >= 4 is 21.9 Å². The molecule has 0 spiro atoms. The van der Waals surface area contributed by atoms with Crippen LogP contribution in [0.2, 0.25) is 0 Å². The first kappa shape index (κ1) is 18.0. The number of hydrogen-bond donors (Lipinski definition) is 1. The third-order valence-electron chi connectivity index (χ3n) is 5.20. The van der Waals surface area contributed by atoms with Gasteiger partial charge in [0.1, 0.15) is 5.58 Å². The molecule has 0 aliphatic rings. The van der Waals surface area contributed by atoms with Gasteiger partial charge in [-0.2, -0.15) is 0 Å². The molecule has 0 saturated carbocycles. The summed E-state index contributed by atoms with van der Waals surface area (Å²) in [5, 5.41) is 2.03. The number of aromatic nitrogens is 1. The van der Waals surface area contributed by atoms with Gasteiger partial charge in [-0.15, -0.1) is 0 Å². The van der Waals surface area contributed by atoms with E-state index < -0.39 is 0 Å². The maximum Gasteiger partial charge on any atom is 0.251 e. The lowest BCUT2D eigenvalue weighted by Crippen LogP contribution is -2.12. The third-order valence-corrected chi connectivity index (χ3v) is 5.20. The Morgan fingerprint density at radius 3 is 2.63 bits per heavy atom. The van der Waals surface area contributed by atoms with E-state index >= 15 is 0 Å². The van der Waals surface area contributed by atoms with Gasteiger partial charge in [0.05, 0.1) is 6.26 Å². The highest BCUT2D eigenvalue weighted by Gasteiger charge is 2.06. The number of aromatic amines is 1. The highest BCUT2D eigenvalue weighted by molar-refractivity contribution is 5.81. The van der Waals surface area contributed by atoms with Crippen molar-refractivity contribution in [2.45, 2.75) is 12.8 Å². The largest absolute Gasteiger partial charge is 0.464 e. The van der Waals surface area contributed by atoms with Crippen molar-refractivity contribution in [2.24, 2.45) is 0 Å². The zero-order valence-corrected chi connectivity index (χ0v) is 16.3. The SMILES string of the molecule is O=c1[nH]c2ccc(C#CCc3ccccc3)cc2cc1Cc1ccc2occc2c1. The molecule has 0 aliphatic heterocycles. The van der Waals surface area contributed by atoms with Gasteiger partial charge in [0.15, 0.2) is 0 Å². The Kier molecular flexibility index (Phi) is 4.67. The minimum atomic E-state index is -0.0577. The Morgan fingerprint density at radius 1 is 0.833 bits per heavy atom. The van der Waals surface area contributed by atoms with Crippen LogP contribution in [0.1, 0.15) is 22.3 Å². The van der Waals surface area contributed by atoms with Gasteiger partial charge in [0.25, 0.3) is 5.56 Å². The van der Waals surface area contributed by atoms with E-state index in [1.807, 2.05) is 60.7 Å². The number of H-pyrrole nitrogens is 1. The Morgan fingerprint density at radius 2 is 1.73 bits per heavy atom. The van der Waals surface area contributed by atoms with Crippen molar-refractivity contribution in [1.29, 1.82) is 0 Å². The molecule has 0 atom stereocenters. The van der Waals surface area contributed by atoms with E-state index in [9.17, 15) is 4.79 Å². The van der Waals surface area contributed by atoms with E-state index in [4.69, 9.17) is 4.42 Å². The molecule has 30 heavy (non-hydrogen) atoms. The van der Waals surface area contributed by atoms with Crippen molar-refractivity contribution in [2.75, 3.05) is 0 Å². The maximum absolute atomic E-state index is 12.6. The molecule has 0 radical (unpaired) electrons. The number of pyridine rings is 1. The number of nitrogens with one attached hydrogen (secondary N) is 1. The highest BCUT2D eigenvalue weighted by Crippen LogP contribution is 2.20. The Labute approximate surface area is 174 Å². The zero-order valence-electron chi connectivity index (χ0n) is 16.3. The minimum Gasteiger partial charge on any atom is -0.464 e. The van der Waals surface area contributed by atoms with Crippen molar-refractivity contribution in [1.82, 2.24) is 4.98 Å². The fraction of sp³-hybridized carbons (Fsp3) is 0.0741. The first-order valence-electron chi connectivity index (χ1n) is 9.89. The average Bonchev–Trinajstić information content (AvgIpc) is 3.23. The molecule has 1 N–H and O–H groups in total. The molecule has 144 valence electrons. The van der Waals surface area contributed by atoms with Crippen LogP contribution in [0.15, 0.2) is 94.3 Å². The molecule has 3 aromatic carbocycles. The summed E-state index contributed by atoms with van der Waals surface area (Å²) < 4.78 is 5.40. The molecule has 2 aromatic heterocycles. The molecule has 3 nitrogen and oxygen atoms in total. The molecular weight excluding hydrogens is 370 g/mol. The molecule has 5 aromatic rings. The van der Waals surface area contributed by atoms with Crippen LogP contribution in [0.5, 0.6) is 0 Å². The number of fused-ring (bicyclic) bond motifs is 2. The topological polar surface area (TPSA) is 46.0 Å². The molecule has 0 saturated heterocycles. The Balaban J connectivity index is 1.43. The van der Waals surface area contributed by atoms with Gasteiger partial charge >= 0.3 is 0 Å². The van der Waals surface area contributed by atoms with E-state index in [0.717, 1.165) is 38.6 Å². The fourth-order valence-electron chi connectivity index (χ4n) is 3.65. The van der Waals surface area contributed by atoms with Crippen LogP contribution in [0.25, 0.3) is 21.9 Å².